The van der Waals surface area contributed by atoms with Gasteiger partial charge in [-0.25, -0.2) is 4.98 Å². The largest absolute Gasteiger partial charge is 0.394 e. The predicted molar refractivity (Wildman–Crippen MR) is 85.6 cm³/mol. The number of halogens is 1. The number of nitrogens with zero attached hydrogens (tertiary/aromatic N) is 2. The first kappa shape index (κ1) is 16.0. The lowest BCUT2D eigenvalue weighted by Gasteiger charge is -2.17. The zero-order chi connectivity index (χ0) is 15.4. The highest BCUT2D eigenvalue weighted by atomic mass is 35.5. The number of aliphatic hydroxyl groups is 1. The molecule has 0 bridgehead atoms. The molecular formula is C14H18ClN3O2S. The summed E-state index contributed by atoms with van der Waals surface area (Å²) < 4.78 is 1.83. The lowest BCUT2D eigenvalue weighted by atomic mass is 10.0. The summed E-state index contributed by atoms with van der Waals surface area (Å²) in [6.07, 6.45) is 5.63. The third-order valence-electron chi connectivity index (χ3n) is 2.97. The fourth-order valence-electron chi connectivity index (χ4n) is 2.08. The van der Waals surface area contributed by atoms with Gasteiger partial charge in [0.1, 0.15) is 0 Å². The van der Waals surface area contributed by atoms with Crippen molar-refractivity contribution in [1.82, 2.24) is 14.7 Å². The molecule has 7 heteroatoms. The zero-order valence-corrected chi connectivity index (χ0v) is 13.5. The Kier molecular flexibility index (Phi) is 5.39. The van der Waals surface area contributed by atoms with Crippen LogP contribution in [0.5, 0.6) is 0 Å². The van der Waals surface area contributed by atoms with Crippen molar-refractivity contribution in [3.63, 3.8) is 0 Å². The molecular weight excluding hydrogens is 310 g/mol. The molecule has 1 atom stereocenters. The SMILES string of the molecule is CC(C)CC(CO)NC(=O)/C=C/c1c(Cl)nc2sccn12. The molecule has 0 aromatic carbocycles. The van der Waals surface area contributed by atoms with Crippen LogP contribution < -0.4 is 5.32 Å². The molecule has 2 rings (SSSR count). The second kappa shape index (κ2) is 7.06. The van der Waals surface area contributed by atoms with Crippen molar-refractivity contribution in [1.29, 1.82) is 0 Å². The van der Waals surface area contributed by atoms with Crippen molar-refractivity contribution >= 4 is 39.9 Å². The Balaban J connectivity index is 2.04. The smallest absolute Gasteiger partial charge is 0.244 e. The molecule has 2 N–H and O–H groups in total. The summed E-state index contributed by atoms with van der Waals surface area (Å²) in [6.45, 7) is 4.02. The number of aliphatic hydroxyl groups excluding tert-OH is 1. The average Bonchev–Trinajstić information content (AvgIpc) is 2.96. The van der Waals surface area contributed by atoms with E-state index in [1.54, 1.807) is 6.08 Å². The molecule has 2 aromatic heterocycles. The van der Waals surface area contributed by atoms with Gasteiger partial charge in [-0.1, -0.05) is 25.4 Å². The van der Waals surface area contributed by atoms with Crippen LogP contribution in [0.1, 0.15) is 26.0 Å². The summed E-state index contributed by atoms with van der Waals surface area (Å²) >= 11 is 7.52. The van der Waals surface area contributed by atoms with Crippen LogP contribution in [0.3, 0.4) is 0 Å². The molecule has 1 amide bonds. The highest BCUT2D eigenvalue weighted by Crippen LogP contribution is 2.22. The van der Waals surface area contributed by atoms with Gasteiger partial charge in [-0.15, -0.1) is 11.3 Å². The van der Waals surface area contributed by atoms with Crippen molar-refractivity contribution in [2.45, 2.75) is 26.3 Å². The van der Waals surface area contributed by atoms with Gasteiger partial charge in [0, 0.05) is 17.7 Å². The van der Waals surface area contributed by atoms with Crippen LogP contribution in [0.25, 0.3) is 11.0 Å². The second-order valence-electron chi connectivity index (χ2n) is 5.19. The first-order valence-corrected chi connectivity index (χ1v) is 7.97. The van der Waals surface area contributed by atoms with Gasteiger partial charge in [-0.3, -0.25) is 9.20 Å². The van der Waals surface area contributed by atoms with Crippen LogP contribution >= 0.6 is 22.9 Å². The maximum absolute atomic E-state index is 11.9. The third kappa shape index (κ3) is 4.06. The average molecular weight is 328 g/mol. The number of hydrogen-bond donors (Lipinski definition) is 2. The molecule has 0 fully saturated rings. The second-order valence-corrected chi connectivity index (χ2v) is 6.43. The number of nitrogens with one attached hydrogen (secondary N) is 1. The van der Waals surface area contributed by atoms with E-state index in [4.69, 9.17) is 11.6 Å². The van der Waals surface area contributed by atoms with Crippen molar-refractivity contribution in [2.24, 2.45) is 5.92 Å². The van der Waals surface area contributed by atoms with Gasteiger partial charge in [0.2, 0.25) is 5.91 Å². The minimum absolute atomic E-state index is 0.0695. The molecule has 114 valence electrons. The van der Waals surface area contributed by atoms with Crippen LogP contribution in [0.2, 0.25) is 5.15 Å². The molecule has 0 aliphatic rings. The number of fused-ring (bicyclic) bond motifs is 1. The van der Waals surface area contributed by atoms with Gasteiger partial charge in [-0.2, -0.15) is 0 Å². The quantitative estimate of drug-likeness (QED) is 0.801. The maximum atomic E-state index is 11.9. The van der Waals surface area contributed by atoms with E-state index in [0.717, 1.165) is 11.4 Å². The molecule has 0 aliphatic carbocycles. The Bertz CT molecular complexity index is 648. The molecule has 0 saturated heterocycles. The first-order chi connectivity index (χ1) is 10.0. The molecule has 21 heavy (non-hydrogen) atoms. The summed E-state index contributed by atoms with van der Waals surface area (Å²) in [7, 11) is 0. The lowest BCUT2D eigenvalue weighted by molar-refractivity contribution is -0.117. The van der Waals surface area contributed by atoms with Crippen LogP contribution in [0, 0.1) is 5.92 Å². The summed E-state index contributed by atoms with van der Waals surface area (Å²) in [5, 5.41) is 14.3. The van der Waals surface area contributed by atoms with E-state index in [1.807, 2.05) is 29.8 Å². The van der Waals surface area contributed by atoms with E-state index in [9.17, 15) is 9.90 Å². The summed E-state index contributed by atoms with van der Waals surface area (Å²) in [5.74, 6) is 0.150. The summed E-state index contributed by atoms with van der Waals surface area (Å²) in [6, 6.07) is -0.232. The summed E-state index contributed by atoms with van der Waals surface area (Å²) in [4.78, 5) is 16.9. The topological polar surface area (TPSA) is 66.6 Å². The Labute approximate surface area is 132 Å². The molecule has 2 heterocycles. The third-order valence-corrected chi connectivity index (χ3v) is 4.00. The minimum atomic E-state index is -0.254. The van der Waals surface area contributed by atoms with Crippen LogP contribution in [-0.4, -0.2) is 33.0 Å². The first-order valence-electron chi connectivity index (χ1n) is 6.71. The fraction of sp³-hybridized carbons (Fsp3) is 0.429. The molecule has 2 aromatic rings. The number of amides is 1. The van der Waals surface area contributed by atoms with Gasteiger partial charge < -0.3 is 10.4 Å². The summed E-state index contributed by atoms with van der Waals surface area (Å²) in [5.41, 5.74) is 0.674. The van der Waals surface area contributed by atoms with E-state index in [2.05, 4.69) is 10.3 Å². The number of imidazole rings is 1. The molecule has 0 spiro atoms. The van der Waals surface area contributed by atoms with E-state index in [1.165, 1.54) is 17.4 Å². The molecule has 0 aliphatic heterocycles. The molecule has 5 nitrogen and oxygen atoms in total. The Morgan fingerprint density at radius 3 is 3.05 bits per heavy atom. The van der Waals surface area contributed by atoms with Gasteiger partial charge in [0.15, 0.2) is 10.1 Å². The van der Waals surface area contributed by atoms with E-state index < -0.39 is 0 Å². The highest BCUT2D eigenvalue weighted by Gasteiger charge is 2.12. The monoisotopic (exact) mass is 327 g/mol. The van der Waals surface area contributed by atoms with Crippen molar-refractivity contribution in [3.8, 4) is 0 Å². The Morgan fingerprint density at radius 2 is 2.38 bits per heavy atom. The lowest BCUT2D eigenvalue weighted by Crippen LogP contribution is -2.37. The van der Waals surface area contributed by atoms with Crippen LogP contribution in [0.15, 0.2) is 17.7 Å². The minimum Gasteiger partial charge on any atom is -0.394 e. The van der Waals surface area contributed by atoms with Crippen LogP contribution in [0.4, 0.5) is 0 Å². The number of hydrogen-bond acceptors (Lipinski definition) is 4. The van der Waals surface area contributed by atoms with Crippen LogP contribution in [-0.2, 0) is 4.79 Å². The number of carbonyl (C=O) groups is 1. The number of rotatable bonds is 6. The van der Waals surface area contributed by atoms with Gasteiger partial charge in [0.25, 0.3) is 0 Å². The van der Waals surface area contributed by atoms with Gasteiger partial charge >= 0.3 is 0 Å². The van der Waals surface area contributed by atoms with E-state index in [0.29, 0.717) is 16.8 Å². The van der Waals surface area contributed by atoms with Crippen molar-refractivity contribution in [3.05, 3.63) is 28.5 Å². The number of carbonyl (C=O) groups excluding carboxylic acids is 1. The Hall–Kier alpha value is -1.37. The van der Waals surface area contributed by atoms with Crippen molar-refractivity contribution in [2.75, 3.05) is 6.61 Å². The molecule has 0 saturated carbocycles. The van der Waals surface area contributed by atoms with Gasteiger partial charge in [0.05, 0.1) is 18.3 Å². The van der Waals surface area contributed by atoms with Gasteiger partial charge in [-0.05, 0) is 18.4 Å². The standard InChI is InChI=1S/C14H18ClN3O2S/c1-9(2)7-10(8-19)16-12(20)4-3-11-13(15)17-14-18(11)5-6-21-14/h3-6,9-10,19H,7-8H2,1-2H3,(H,16,20)/b4-3+. The number of aromatic nitrogens is 2. The zero-order valence-electron chi connectivity index (χ0n) is 11.9. The van der Waals surface area contributed by atoms with Crippen molar-refractivity contribution < 1.29 is 9.90 Å². The molecule has 0 radical (unpaired) electrons. The number of thiazole rings is 1. The predicted octanol–water partition coefficient (Wildman–Crippen LogP) is 2.59. The Morgan fingerprint density at radius 1 is 1.62 bits per heavy atom. The van der Waals surface area contributed by atoms with E-state index in [-0.39, 0.29) is 18.6 Å². The molecule has 1 unspecified atom stereocenters. The fourth-order valence-corrected chi connectivity index (χ4v) is 3.08. The van der Waals surface area contributed by atoms with E-state index >= 15 is 0 Å². The highest BCUT2D eigenvalue weighted by molar-refractivity contribution is 7.15. The maximum Gasteiger partial charge on any atom is 0.244 e. The normalized spacial score (nSPS) is 13.4.